The van der Waals surface area contributed by atoms with Gasteiger partial charge in [-0.2, -0.15) is 0 Å². The molecule has 0 aromatic carbocycles. The fraction of sp³-hybridized carbons (Fsp3) is 0.692. The van der Waals surface area contributed by atoms with Gasteiger partial charge in [0.15, 0.2) is 7.37 Å². The van der Waals surface area contributed by atoms with E-state index in [0.29, 0.717) is 0 Å². The van der Waals surface area contributed by atoms with Gasteiger partial charge in [0.1, 0.15) is 13.2 Å². The van der Waals surface area contributed by atoms with E-state index in [0.717, 1.165) is 6.66 Å². The average molecular weight is 338 g/mol. The summed E-state index contributed by atoms with van der Waals surface area (Å²) in [5, 5.41) is 18.7. The van der Waals surface area contributed by atoms with E-state index < -0.39 is 37.9 Å². The monoisotopic (exact) mass is 338 g/mol. The van der Waals surface area contributed by atoms with Crippen LogP contribution >= 0.6 is 7.37 Å². The fourth-order valence-electron chi connectivity index (χ4n) is 1.22. The number of aliphatic hydroxyl groups excluding tert-OH is 2. The summed E-state index contributed by atoms with van der Waals surface area (Å²) in [4.78, 5) is 31.9. The fourth-order valence-corrected chi connectivity index (χ4v) is 1.82. The predicted octanol–water partition coefficient (Wildman–Crippen LogP) is -0.0898. The van der Waals surface area contributed by atoms with Crippen LogP contribution in [0, 0.1) is 5.41 Å². The van der Waals surface area contributed by atoms with Crippen LogP contribution in [0.25, 0.3) is 0 Å². The third-order valence-electron chi connectivity index (χ3n) is 2.80. The summed E-state index contributed by atoms with van der Waals surface area (Å²) in [5.74, 6) is -1.43. The van der Waals surface area contributed by atoms with Crippen molar-refractivity contribution in [2.24, 2.45) is 5.41 Å². The van der Waals surface area contributed by atoms with Crippen LogP contribution < -0.4 is 0 Å². The van der Waals surface area contributed by atoms with Crippen molar-refractivity contribution in [2.75, 3.05) is 39.3 Å². The van der Waals surface area contributed by atoms with Crippen molar-refractivity contribution in [3.05, 3.63) is 12.2 Å². The van der Waals surface area contributed by atoms with Gasteiger partial charge in [-0.15, -0.1) is 0 Å². The zero-order chi connectivity index (χ0) is 17.4. The molecule has 22 heavy (non-hydrogen) atoms. The van der Waals surface area contributed by atoms with Crippen molar-refractivity contribution in [3.8, 4) is 0 Å². The number of hydrogen-bond donors (Lipinski definition) is 3. The minimum Gasteiger partial charge on any atom is -0.465 e. The van der Waals surface area contributed by atoms with Gasteiger partial charge in [0.05, 0.1) is 25.0 Å². The Morgan fingerprint density at radius 3 is 2.09 bits per heavy atom. The van der Waals surface area contributed by atoms with Gasteiger partial charge < -0.3 is 24.6 Å². The Kier molecular flexibility index (Phi) is 8.55. The van der Waals surface area contributed by atoms with E-state index in [1.165, 1.54) is 6.92 Å². The molecule has 9 heteroatoms. The second-order valence-electron chi connectivity index (χ2n) is 5.36. The minimum absolute atomic E-state index is 0.156. The minimum atomic E-state index is -3.31. The highest BCUT2D eigenvalue weighted by atomic mass is 31.2. The van der Waals surface area contributed by atoms with Crippen molar-refractivity contribution >= 4 is 19.3 Å². The van der Waals surface area contributed by atoms with Crippen molar-refractivity contribution in [1.82, 2.24) is 0 Å². The summed E-state index contributed by atoms with van der Waals surface area (Å²) >= 11 is 0. The van der Waals surface area contributed by atoms with Gasteiger partial charge in [-0.1, -0.05) is 6.58 Å². The lowest BCUT2D eigenvalue weighted by Gasteiger charge is -2.28. The lowest BCUT2D eigenvalue weighted by atomic mass is 9.92. The van der Waals surface area contributed by atoms with Gasteiger partial charge in [0, 0.05) is 18.4 Å². The van der Waals surface area contributed by atoms with Gasteiger partial charge in [-0.3, -0.25) is 9.36 Å². The van der Waals surface area contributed by atoms with Gasteiger partial charge in [-0.25, -0.2) is 4.79 Å². The highest BCUT2D eigenvalue weighted by molar-refractivity contribution is 7.57. The number of rotatable bonds is 10. The molecule has 1 atom stereocenters. The summed E-state index contributed by atoms with van der Waals surface area (Å²) in [6.45, 7) is 4.07. The molecule has 1 unspecified atom stereocenters. The smallest absolute Gasteiger partial charge is 0.333 e. The van der Waals surface area contributed by atoms with Gasteiger partial charge in [-0.05, 0) is 6.92 Å². The SMILES string of the molecule is C=C(C)C(=O)OCC(CO)(CO)COC(=O)CCP(C)(=O)O. The van der Waals surface area contributed by atoms with Crippen LogP contribution in [0.1, 0.15) is 13.3 Å². The first-order valence-electron chi connectivity index (χ1n) is 6.54. The van der Waals surface area contributed by atoms with E-state index in [-0.39, 0.29) is 31.4 Å². The predicted molar refractivity (Wildman–Crippen MR) is 78.6 cm³/mol. The largest absolute Gasteiger partial charge is 0.465 e. The Morgan fingerprint density at radius 1 is 1.18 bits per heavy atom. The molecule has 3 N–H and O–H groups in total. The van der Waals surface area contributed by atoms with E-state index in [4.69, 9.17) is 14.4 Å². The molecule has 0 heterocycles. The molecule has 0 saturated heterocycles. The molecule has 0 spiro atoms. The Hall–Kier alpha value is -1.21. The van der Waals surface area contributed by atoms with Crippen molar-refractivity contribution in [1.29, 1.82) is 0 Å². The molecule has 8 nitrogen and oxygen atoms in total. The molecular weight excluding hydrogens is 315 g/mol. The summed E-state index contributed by atoms with van der Waals surface area (Å²) in [6.07, 6.45) is -0.482. The number of esters is 2. The Balaban J connectivity index is 4.50. The topological polar surface area (TPSA) is 130 Å². The van der Waals surface area contributed by atoms with E-state index >= 15 is 0 Å². The van der Waals surface area contributed by atoms with E-state index in [2.05, 4.69) is 6.58 Å². The molecule has 0 aliphatic rings. The maximum absolute atomic E-state index is 11.5. The lowest BCUT2D eigenvalue weighted by Crippen LogP contribution is -2.41. The van der Waals surface area contributed by atoms with E-state index in [1.807, 2.05) is 0 Å². The molecule has 128 valence electrons. The first-order chi connectivity index (χ1) is 10.0. The molecule has 0 radical (unpaired) electrons. The molecule has 0 rings (SSSR count). The van der Waals surface area contributed by atoms with Gasteiger partial charge >= 0.3 is 11.9 Å². The molecule has 0 fully saturated rings. The van der Waals surface area contributed by atoms with Crippen LogP contribution in [0.15, 0.2) is 12.2 Å². The van der Waals surface area contributed by atoms with Gasteiger partial charge in [0.25, 0.3) is 0 Å². The number of carbonyl (C=O) groups excluding carboxylic acids is 2. The van der Waals surface area contributed by atoms with Crippen LogP contribution in [0.3, 0.4) is 0 Å². The molecule has 0 aliphatic heterocycles. The van der Waals surface area contributed by atoms with Crippen LogP contribution in [-0.4, -0.2) is 66.3 Å². The van der Waals surface area contributed by atoms with Crippen LogP contribution in [0.5, 0.6) is 0 Å². The maximum Gasteiger partial charge on any atom is 0.333 e. The lowest BCUT2D eigenvalue weighted by molar-refractivity contribution is -0.156. The molecule has 0 aromatic rings. The Labute approximate surface area is 129 Å². The first kappa shape index (κ1) is 20.8. The summed E-state index contributed by atoms with van der Waals surface area (Å²) < 4.78 is 20.8. The van der Waals surface area contributed by atoms with E-state index in [1.54, 1.807) is 0 Å². The summed E-state index contributed by atoms with van der Waals surface area (Å²) in [6, 6.07) is 0. The third kappa shape index (κ3) is 8.29. The van der Waals surface area contributed by atoms with Crippen LogP contribution in [0.4, 0.5) is 0 Å². The second kappa shape index (κ2) is 9.05. The Bertz CT molecular complexity index is 449. The molecule has 0 amide bonds. The van der Waals surface area contributed by atoms with Crippen LogP contribution in [0.2, 0.25) is 0 Å². The normalized spacial score (nSPS) is 14.0. The molecular formula is C13H23O8P. The number of hydrogen-bond acceptors (Lipinski definition) is 7. The average Bonchev–Trinajstić information content (AvgIpc) is 2.44. The molecule has 0 aliphatic carbocycles. The Morgan fingerprint density at radius 2 is 1.68 bits per heavy atom. The van der Waals surface area contributed by atoms with E-state index in [9.17, 15) is 24.4 Å². The molecule has 0 saturated carbocycles. The maximum atomic E-state index is 11.5. The molecule has 0 aromatic heterocycles. The number of ether oxygens (including phenoxy) is 2. The van der Waals surface area contributed by atoms with Gasteiger partial charge in [0.2, 0.25) is 0 Å². The van der Waals surface area contributed by atoms with Crippen LogP contribution in [-0.2, 0) is 23.6 Å². The number of aliphatic hydroxyl groups is 2. The zero-order valence-corrected chi connectivity index (χ0v) is 13.7. The van der Waals surface area contributed by atoms with Crippen molar-refractivity contribution < 1.29 is 38.7 Å². The molecule has 0 bridgehead atoms. The first-order valence-corrected chi connectivity index (χ1v) is 8.84. The second-order valence-corrected chi connectivity index (χ2v) is 7.91. The standard InChI is InChI=1S/C13H23O8P/c1-10(2)12(17)21-9-13(6-14,7-15)8-20-11(16)4-5-22(3,18)19/h14-15H,1,4-9H2,2-3H3,(H,18,19). The highest BCUT2D eigenvalue weighted by Crippen LogP contribution is 2.35. The summed E-state index contributed by atoms with van der Waals surface area (Å²) in [7, 11) is -3.31. The van der Waals surface area contributed by atoms with Crippen molar-refractivity contribution in [2.45, 2.75) is 13.3 Å². The highest BCUT2D eigenvalue weighted by Gasteiger charge is 2.33. The number of carbonyl (C=O) groups is 2. The summed E-state index contributed by atoms with van der Waals surface area (Å²) in [5.41, 5.74) is -1.18. The van der Waals surface area contributed by atoms with Crippen molar-refractivity contribution in [3.63, 3.8) is 0 Å². The third-order valence-corrected chi connectivity index (χ3v) is 3.85. The quantitative estimate of drug-likeness (QED) is 0.286. The zero-order valence-electron chi connectivity index (χ0n) is 12.8.